The van der Waals surface area contributed by atoms with E-state index in [4.69, 9.17) is 9.57 Å². The molecular weight excluding hydrogens is 821 g/mol. The molecule has 6 amide bonds. The van der Waals surface area contributed by atoms with Crippen molar-refractivity contribution in [2.75, 3.05) is 28.3 Å². The summed E-state index contributed by atoms with van der Waals surface area (Å²) in [6.07, 6.45) is 3.06. The highest BCUT2D eigenvalue weighted by molar-refractivity contribution is 5.98. The molecule has 0 aliphatic carbocycles. The van der Waals surface area contributed by atoms with Crippen LogP contribution in [0.4, 0.5) is 0 Å². The minimum Gasteiger partial charge on any atom is -0.451 e. The molecule has 1 aliphatic heterocycles. The van der Waals surface area contributed by atoms with Gasteiger partial charge in [0.2, 0.25) is 29.5 Å². The molecule has 3 rings (SSSR count). The zero-order chi connectivity index (χ0) is 48.0. The van der Waals surface area contributed by atoms with Gasteiger partial charge in [-0.3, -0.25) is 28.8 Å². The Balaban J connectivity index is 2.24. The van der Waals surface area contributed by atoms with Crippen LogP contribution in [0.25, 0.3) is 10.9 Å². The Labute approximate surface area is 378 Å². The molecular formula is C47H72N8O9. The highest BCUT2D eigenvalue weighted by atomic mass is 16.6. The minimum absolute atomic E-state index is 0.0107. The molecule has 0 spiro atoms. The SMILES string of the molecule is CCCC[C@@H](C)C[C@@H]1NC(=O)[C@@H](CCC#N)OC(=O)[C@H](C)N(C)C(=O)[C@H](C)NC(=O)[C@H](Cc2cn(OC)c3ccccc23)N(C)C(=O)[C@H](CC(C)C)NC(=O)[C@H](CC(C)C)N(C)C1=O. The summed E-state index contributed by atoms with van der Waals surface area (Å²) >= 11 is 0. The predicted molar refractivity (Wildman–Crippen MR) is 242 cm³/mol. The first kappa shape index (κ1) is 52.7. The normalized spacial score (nSPS) is 24.5. The molecule has 1 aromatic heterocycles. The van der Waals surface area contributed by atoms with Crippen LogP contribution in [0.3, 0.4) is 0 Å². The summed E-state index contributed by atoms with van der Waals surface area (Å²) in [5, 5.41) is 18.7. The van der Waals surface area contributed by atoms with Crippen LogP contribution in [0, 0.1) is 29.1 Å². The highest BCUT2D eigenvalue weighted by Gasteiger charge is 2.40. The molecule has 0 saturated carbocycles. The number of amides is 6. The summed E-state index contributed by atoms with van der Waals surface area (Å²) in [5.41, 5.74) is 1.40. The van der Waals surface area contributed by atoms with Crippen molar-refractivity contribution < 1.29 is 43.1 Å². The number of fused-ring (bicyclic) bond motifs is 1. The van der Waals surface area contributed by atoms with E-state index >= 15 is 0 Å². The number of esters is 1. The van der Waals surface area contributed by atoms with Crippen LogP contribution in [-0.2, 0) is 44.7 Å². The number of nitrogens with one attached hydrogen (secondary N) is 3. The molecule has 2 aromatic rings. The van der Waals surface area contributed by atoms with Crippen LogP contribution in [0.2, 0.25) is 0 Å². The number of ether oxygens (including phenoxy) is 1. The van der Waals surface area contributed by atoms with Gasteiger partial charge in [0, 0.05) is 52.0 Å². The number of hydrogen-bond acceptors (Lipinski definition) is 10. The van der Waals surface area contributed by atoms with E-state index in [1.807, 2.05) is 65.0 Å². The van der Waals surface area contributed by atoms with E-state index in [9.17, 15) is 38.8 Å². The van der Waals surface area contributed by atoms with Gasteiger partial charge in [0.05, 0.1) is 11.6 Å². The molecule has 0 bridgehead atoms. The highest BCUT2D eigenvalue weighted by Crippen LogP contribution is 2.25. The Bertz CT molecular complexity index is 1990. The van der Waals surface area contributed by atoms with Crippen molar-refractivity contribution in [3.8, 4) is 6.07 Å². The van der Waals surface area contributed by atoms with Crippen LogP contribution < -0.4 is 20.8 Å². The Morgan fingerprint density at radius 3 is 1.94 bits per heavy atom. The monoisotopic (exact) mass is 893 g/mol. The van der Waals surface area contributed by atoms with Crippen molar-refractivity contribution >= 4 is 52.3 Å². The number of nitrogens with zero attached hydrogens (tertiary/aromatic N) is 5. The minimum atomic E-state index is -1.49. The smallest absolute Gasteiger partial charge is 0.329 e. The molecule has 1 aromatic carbocycles. The summed E-state index contributed by atoms with van der Waals surface area (Å²) in [5.74, 6) is -5.01. The second kappa shape index (κ2) is 24.4. The van der Waals surface area contributed by atoms with E-state index < -0.39 is 83.8 Å². The fraction of sp³-hybridized carbons (Fsp3) is 0.660. The van der Waals surface area contributed by atoms with Gasteiger partial charge in [-0.25, -0.2) is 4.79 Å². The van der Waals surface area contributed by atoms with E-state index in [0.29, 0.717) is 5.56 Å². The first-order valence-electron chi connectivity index (χ1n) is 22.6. The predicted octanol–water partition coefficient (Wildman–Crippen LogP) is 3.76. The number of carbonyl (C=O) groups excluding carboxylic acids is 7. The average Bonchev–Trinajstić information content (AvgIpc) is 3.62. The summed E-state index contributed by atoms with van der Waals surface area (Å²) in [7, 11) is 5.83. The van der Waals surface area contributed by atoms with Gasteiger partial charge in [0.1, 0.15) is 43.4 Å². The maximum absolute atomic E-state index is 14.8. The lowest BCUT2D eigenvalue weighted by Gasteiger charge is -2.35. The van der Waals surface area contributed by atoms with Crippen molar-refractivity contribution in [3.05, 3.63) is 36.0 Å². The lowest BCUT2D eigenvalue weighted by atomic mass is 9.94. The van der Waals surface area contributed by atoms with Crippen LogP contribution in [0.1, 0.15) is 112 Å². The van der Waals surface area contributed by atoms with Crippen LogP contribution in [0.5, 0.6) is 0 Å². The quantitative estimate of drug-likeness (QED) is 0.234. The van der Waals surface area contributed by atoms with Gasteiger partial charge in [0.15, 0.2) is 6.10 Å². The molecule has 0 radical (unpaired) electrons. The number of unbranched alkanes of at least 4 members (excludes halogenated alkanes) is 1. The lowest BCUT2D eigenvalue weighted by Crippen LogP contribution is -2.60. The second-order valence-electron chi connectivity index (χ2n) is 18.2. The fourth-order valence-corrected chi connectivity index (χ4v) is 8.06. The number of benzene rings is 1. The fourth-order valence-electron chi connectivity index (χ4n) is 8.06. The Morgan fingerprint density at radius 2 is 1.34 bits per heavy atom. The van der Waals surface area contributed by atoms with Crippen molar-refractivity contribution in [2.45, 2.75) is 156 Å². The van der Waals surface area contributed by atoms with Gasteiger partial charge in [-0.2, -0.15) is 9.99 Å². The van der Waals surface area contributed by atoms with Crippen molar-refractivity contribution in [3.63, 3.8) is 0 Å². The molecule has 1 aliphatic rings. The Kier molecular flexibility index (Phi) is 20.1. The lowest BCUT2D eigenvalue weighted by molar-refractivity contribution is -0.163. The summed E-state index contributed by atoms with van der Waals surface area (Å²) in [6, 6.07) is 2.37. The number of likely N-dealkylation sites (N-methyl/N-ethyl adjacent to an activating group) is 3. The van der Waals surface area contributed by atoms with Crippen LogP contribution in [-0.4, -0.2) is 131 Å². The molecule has 17 nitrogen and oxygen atoms in total. The van der Waals surface area contributed by atoms with Crippen molar-refractivity contribution in [1.82, 2.24) is 35.4 Å². The van der Waals surface area contributed by atoms with E-state index in [0.717, 1.165) is 35.1 Å². The molecule has 3 N–H and O–H groups in total. The van der Waals surface area contributed by atoms with Gasteiger partial charge < -0.3 is 40.2 Å². The van der Waals surface area contributed by atoms with E-state index in [1.165, 1.54) is 51.9 Å². The topological polar surface area (TPSA) is 212 Å². The third-order valence-electron chi connectivity index (χ3n) is 12.0. The second-order valence-corrected chi connectivity index (χ2v) is 18.2. The number of rotatable bonds is 14. The molecule has 64 heavy (non-hydrogen) atoms. The summed E-state index contributed by atoms with van der Waals surface area (Å²) in [4.78, 5) is 109. The van der Waals surface area contributed by atoms with Crippen LogP contribution in [0.15, 0.2) is 30.5 Å². The maximum Gasteiger partial charge on any atom is 0.329 e. The third kappa shape index (κ3) is 13.9. The summed E-state index contributed by atoms with van der Waals surface area (Å²) in [6.45, 7) is 14.5. The number of cyclic esters (lactones) is 1. The number of hydrogen-bond donors (Lipinski definition) is 3. The third-order valence-corrected chi connectivity index (χ3v) is 12.0. The zero-order valence-electron chi connectivity index (χ0n) is 39.9. The average molecular weight is 893 g/mol. The molecule has 1 saturated heterocycles. The molecule has 17 heteroatoms. The van der Waals surface area contributed by atoms with E-state index in [2.05, 4.69) is 22.9 Å². The van der Waals surface area contributed by atoms with E-state index in [-0.39, 0.29) is 56.3 Å². The van der Waals surface area contributed by atoms with Gasteiger partial charge in [-0.15, -0.1) is 0 Å². The van der Waals surface area contributed by atoms with Crippen LogP contribution >= 0.6 is 0 Å². The first-order chi connectivity index (χ1) is 30.2. The molecule has 0 unspecified atom stereocenters. The van der Waals surface area contributed by atoms with Gasteiger partial charge in [0.25, 0.3) is 5.91 Å². The first-order valence-corrected chi connectivity index (χ1v) is 22.6. The Hall–Kier alpha value is -5.66. The molecule has 354 valence electrons. The van der Waals surface area contributed by atoms with Crippen molar-refractivity contribution in [1.29, 1.82) is 5.26 Å². The zero-order valence-corrected chi connectivity index (χ0v) is 39.9. The molecule has 2 heterocycles. The summed E-state index contributed by atoms with van der Waals surface area (Å²) < 4.78 is 7.25. The number of aromatic nitrogens is 1. The number of nitriles is 1. The standard InChI is InChI=1S/C47H72N8O9/c1-13-14-18-30(6)25-36-46(61)53(10)38(24-29(4)5)42(57)50-35(23-28(2)3)45(60)54(11)39(26-33-27-55(63-12)37-20-16-15-19-34(33)37)41(56)49-31(7)44(59)52(9)32(8)47(62)64-40(21-17-22-48)43(58)51-36/h15-16,19-20,27-32,35-36,38-40H,13-14,17-18,21,23-26H2,1-12H3,(H,49,56)(H,50,57)(H,51,58)/t30-,31+,32+,35+,36+,38+,39+,40-/m1/s1. The maximum atomic E-state index is 14.8. The van der Waals surface area contributed by atoms with E-state index in [1.54, 1.807) is 10.9 Å². The van der Waals surface area contributed by atoms with Gasteiger partial charge in [-0.05, 0) is 62.5 Å². The van der Waals surface area contributed by atoms with Gasteiger partial charge in [-0.1, -0.05) is 79.0 Å². The molecule has 8 atom stereocenters. The largest absolute Gasteiger partial charge is 0.451 e. The molecule has 1 fully saturated rings. The number of para-hydroxylation sites is 1. The van der Waals surface area contributed by atoms with Gasteiger partial charge >= 0.3 is 5.97 Å². The van der Waals surface area contributed by atoms with Crippen molar-refractivity contribution in [2.24, 2.45) is 17.8 Å². The Morgan fingerprint density at radius 1 is 0.766 bits per heavy atom. The number of carbonyl (C=O) groups is 7.